The molecule has 1 saturated heterocycles. The van der Waals surface area contributed by atoms with E-state index < -0.39 is 0 Å². The van der Waals surface area contributed by atoms with Crippen molar-refractivity contribution < 1.29 is 9.59 Å². The third-order valence-electron chi connectivity index (χ3n) is 4.12. The summed E-state index contributed by atoms with van der Waals surface area (Å²) in [5.41, 5.74) is 7.64. The maximum Gasteiger partial charge on any atom is 0.275 e. The molecular formula is C18H22N4O2S. The first-order valence-corrected chi connectivity index (χ1v) is 9.36. The number of rotatable bonds is 6. The van der Waals surface area contributed by atoms with Crippen LogP contribution in [0, 0.1) is 0 Å². The Morgan fingerprint density at radius 2 is 2.24 bits per heavy atom. The summed E-state index contributed by atoms with van der Waals surface area (Å²) >= 11 is 1.44. The molecule has 3 N–H and O–H groups in total. The molecule has 7 heteroatoms. The Balaban J connectivity index is 1.64. The van der Waals surface area contributed by atoms with Gasteiger partial charge in [0.2, 0.25) is 5.91 Å². The van der Waals surface area contributed by atoms with Crippen LogP contribution in [-0.2, 0) is 17.8 Å². The van der Waals surface area contributed by atoms with E-state index in [1.54, 1.807) is 5.38 Å². The molecule has 0 spiro atoms. The molecule has 25 heavy (non-hydrogen) atoms. The van der Waals surface area contributed by atoms with Gasteiger partial charge in [0.15, 0.2) is 0 Å². The van der Waals surface area contributed by atoms with Crippen LogP contribution in [0.25, 0.3) is 0 Å². The van der Waals surface area contributed by atoms with Crippen molar-refractivity contribution in [1.29, 1.82) is 0 Å². The zero-order valence-electron chi connectivity index (χ0n) is 14.0. The van der Waals surface area contributed by atoms with Crippen LogP contribution in [0.4, 0.5) is 5.69 Å². The first-order valence-electron chi connectivity index (χ1n) is 8.48. The van der Waals surface area contributed by atoms with Crippen LogP contribution in [0.2, 0.25) is 0 Å². The predicted octanol–water partition coefficient (Wildman–Crippen LogP) is 2.41. The molecule has 1 aliphatic heterocycles. The first-order chi connectivity index (χ1) is 12.2. The Bertz CT molecular complexity index is 759. The topological polar surface area (TPSA) is 88.3 Å². The van der Waals surface area contributed by atoms with E-state index in [1.807, 2.05) is 29.2 Å². The van der Waals surface area contributed by atoms with E-state index in [9.17, 15) is 9.59 Å². The van der Waals surface area contributed by atoms with Gasteiger partial charge in [0.1, 0.15) is 5.69 Å². The van der Waals surface area contributed by atoms with Crippen molar-refractivity contribution in [3.63, 3.8) is 0 Å². The number of carbonyl (C=O) groups is 2. The first kappa shape index (κ1) is 17.6. The van der Waals surface area contributed by atoms with Crippen LogP contribution in [0.15, 0.2) is 29.6 Å². The molecule has 3 rings (SSSR count). The smallest absolute Gasteiger partial charge is 0.275 e. The van der Waals surface area contributed by atoms with Crippen LogP contribution in [0.3, 0.4) is 0 Å². The van der Waals surface area contributed by atoms with Gasteiger partial charge in [0, 0.05) is 37.0 Å². The zero-order valence-corrected chi connectivity index (χ0v) is 14.8. The number of carbonyl (C=O) groups excluding carboxylic acids is 2. The maximum atomic E-state index is 12.3. The van der Waals surface area contributed by atoms with Gasteiger partial charge >= 0.3 is 0 Å². The second-order valence-corrected chi connectivity index (χ2v) is 7.03. The molecule has 2 aromatic rings. The summed E-state index contributed by atoms with van der Waals surface area (Å²) in [7, 11) is 0. The number of amides is 2. The Hall–Kier alpha value is -2.25. The molecule has 0 unspecified atom stereocenters. The fourth-order valence-electron chi connectivity index (χ4n) is 2.85. The number of nitrogens with two attached hydrogens (primary N) is 1. The SMILES string of the molecule is NCCc1nc(C(=O)Nc2cccc(CN3CCCCC3=O)c2)cs1. The van der Waals surface area contributed by atoms with E-state index >= 15 is 0 Å². The highest BCUT2D eigenvalue weighted by atomic mass is 32.1. The summed E-state index contributed by atoms with van der Waals surface area (Å²) in [5.74, 6) is -0.0266. The molecule has 0 atom stereocenters. The number of benzene rings is 1. The summed E-state index contributed by atoms with van der Waals surface area (Å²) in [5, 5.41) is 5.49. The Labute approximate surface area is 151 Å². The number of aromatic nitrogens is 1. The van der Waals surface area contributed by atoms with Crippen molar-refractivity contribution in [1.82, 2.24) is 9.88 Å². The molecule has 132 valence electrons. The lowest BCUT2D eigenvalue weighted by molar-refractivity contribution is -0.133. The van der Waals surface area contributed by atoms with Crippen LogP contribution >= 0.6 is 11.3 Å². The highest BCUT2D eigenvalue weighted by Crippen LogP contribution is 2.18. The highest BCUT2D eigenvalue weighted by molar-refractivity contribution is 7.09. The van der Waals surface area contributed by atoms with E-state index in [0.717, 1.165) is 30.0 Å². The lowest BCUT2D eigenvalue weighted by atomic mass is 10.1. The van der Waals surface area contributed by atoms with Crippen LogP contribution in [0.1, 0.15) is 40.3 Å². The van der Waals surface area contributed by atoms with Crippen molar-refractivity contribution in [3.05, 3.63) is 45.9 Å². The Kier molecular flexibility index (Phi) is 5.78. The van der Waals surface area contributed by atoms with E-state index in [2.05, 4.69) is 10.3 Å². The molecule has 1 aromatic carbocycles. The minimum absolute atomic E-state index is 0.204. The largest absolute Gasteiger partial charge is 0.338 e. The molecule has 0 radical (unpaired) electrons. The second-order valence-electron chi connectivity index (χ2n) is 6.09. The lowest BCUT2D eigenvalue weighted by Gasteiger charge is -2.26. The van der Waals surface area contributed by atoms with Gasteiger partial charge in [0.05, 0.1) is 5.01 Å². The van der Waals surface area contributed by atoms with Gasteiger partial charge in [-0.3, -0.25) is 9.59 Å². The monoisotopic (exact) mass is 358 g/mol. The Morgan fingerprint density at radius 3 is 3.04 bits per heavy atom. The highest BCUT2D eigenvalue weighted by Gasteiger charge is 2.18. The van der Waals surface area contributed by atoms with Gasteiger partial charge in [0.25, 0.3) is 5.91 Å². The summed E-state index contributed by atoms with van der Waals surface area (Å²) in [6, 6.07) is 7.61. The molecule has 0 saturated carbocycles. The van der Waals surface area contributed by atoms with Crippen molar-refractivity contribution in [2.45, 2.75) is 32.2 Å². The third kappa shape index (κ3) is 4.64. The van der Waals surface area contributed by atoms with Crippen LogP contribution in [-0.4, -0.2) is 34.8 Å². The average Bonchev–Trinajstić information content (AvgIpc) is 3.07. The minimum atomic E-state index is -0.231. The number of thiazole rings is 1. The van der Waals surface area contributed by atoms with Gasteiger partial charge in [-0.25, -0.2) is 4.98 Å². The normalized spacial score (nSPS) is 14.6. The fraction of sp³-hybridized carbons (Fsp3) is 0.389. The fourth-order valence-corrected chi connectivity index (χ4v) is 3.64. The lowest BCUT2D eigenvalue weighted by Crippen LogP contribution is -2.34. The van der Waals surface area contributed by atoms with Crippen molar-refractivity contribution in [2.75, 3.05) is 18.4 Å². The number of hydrogen-bond donors (Lipinski definition) is 2. The average molecular weight is 358 g/mol. The molecule has 2 heterocycles. The van der Waals surface area contributed by atoms with E-state index in [0.29, 0.717) is 37.3 Å². The van der Waals surface area contributed by atoms with Gasteiger partial charge in [-0.05, 0) is 37.1 Å². The summed E-state index contributed by atoms with van der Waals surface area (Å²) in [6.45, 7) is 1.91. The van der Waals surface area contributed by atoms with Crippen molar-refractivity contribution in [2.24, 2.45) is 5.73 Å². The number of nitrogens with one attached hydrogen (secondary N) is 1. The maximum absolute atomic E-state index is 12.3. The van der Waals surface area contributed by atoms with Gasteiger partial charge in [-0.15, -0.1) is 11.3 Å². The standard InChI is InChI=1S/C18H22N4O2S/c19-8-7-16-21-15(12-25-16)18(24)20-14-5-3-4-13(10-14)11-22-9-2-1-6-17(22)23/h3-5,10,12H,1-2,6-9,11,19H2,(H,20,24). The van der Waals surface area contributed by atoms with E-state index in [-0.39, 0.29) is 11.8 Å². The molecule has 1 aromatic heterocycles. The molecule has 6 nitrogen and oxygen atoms in total. The van der Waals surface area contributed by atoms with Gasteiger partial charge in [-0.1, -0.05) is 12.1 Å². The van der Waals surface area contributed by atoms with Crippen LogP contribution in [0.5, 0.6) is 0 Å². The molecule has 0 aliphatic carbocycles. The van der Waals surface area contributed by atoms with Gasteiger partial charge < -0.3 is 16.0 Å². The number of piperidine rings is 1. The van der Waals surface area contributed by atoms with Gasteiger partial charge in [-0.2, -0.15) is 0 Å². The molecule has 0 bridgehead atoms. The predicted molar refractivity (Wildman–Crippen MR) is 98.5 cm³/mol. The molecule has 1 aliphatic rings. The number of hydrogen-bond acceptors (Lipinski definition) is 5. The Morgan fingerprint density at radius 1 is 1.36 bits per heavy atom. The number of anilines is 1. The van der Waals surface area contributed by atoms with Crippen molar-refractivity contribution >= 4 is 28.8 Å². The second kappa shape index (κ2) is 8.22. The zero-order chi connectivity index (χ0) is 17.6. The molecule has 2 amide bonds. The summed E-state index contributed by atoms with van der Waals surface area (Å²) in [6.07, 6.45) is 3.34. The summed E-state index contributed by atoms with van der Waals surface area (Å²) < 4.78 is 0. The quantitative estimate of drug-likeness (QED) is 0.830. The van der Waals surface area contributed by atoms with Crippen LogP contribution < -0.4 is 11.1 Å². The third-order valence-corrected chi connectivity index (χ3v) is 5.03. The summed E-state index contributed by atoms with van der Waals surface area (Å²) in [4.78, 5) is 30.4. The minimum Gasteiger partial charge on any atom is -0.338 e. The molecular weight excluding hydrogens is 336 g/mol. The van der Waals surface area contributed by atoms with Crippen molar-refractivity contribution in [3.8, 4) is 0 Å². The molecule has 1 fully saturated rings. The number of likely N-dealkylation sites (tertiary alicyclic amines) is 1. The van der Waals surface area contributed by atoms with E-state index in [4.69, 9.17) is 5.73 Å². The number of nitrogens with zero attached hydrogens (tertiary/aromatic N) is 2. The van der Waals surface area contributed by atoms with E-state index in [1.165, 1.54) is 11.3 Å².